The van der Waals surface area contributed by atoms with Crippen LogP contribution in [0.25, 0.3) is 0 Å². The third kappa shape index (κ3) is 3.50. The summed E-state index contributed by atoms with van der Waals surface area (Å²) < 4.78 is 17.3. The predicted molar refractivity (Wildman–Crippen MR) is 82.0 cm³/mol. The normalized spacial score (nSPS) is 26.0. The fourth-order valence-electron chi connectivity index (χ4n) is 3.02. The number of benzene rings is 1. The van der Waals surface area contributed by atoms with Gasteiger partial charge in [-0.05, 0) is 12.0 Å². The molecule has 0 N–H and O–H groups in total. The maximum atomic E-state index is 12.2. The predicted octanol–water partition coefficient (Wildman–Crippen LogP) is 3.30. The molecule has 1 aliphatic carbocycles. The highest BCUT2D eigenvalue weighted by Crippen LogP contribution is 2.43. The van der Waals surface area contributed by atoms with Crippen molar-refractivity contribution in [3.63, 3.8) is 0 Å². The van der Waals surface area contributed by atoms with Crippen LogP contribution in [0.3, 0.4) is 0 Å². The quantitative estimate of drug-likeness (QED) is 0.804. The maximum Gasteiger partial charge on any atom is 0.309 e. The van der Waals surface area contributed by atoms with Crippen molar-refractivity contribution in [1.82, 2.24) is 0 Å². The van der Waals surface area contributed by atoms with Crippen LogP contribution in [-0.4, -0.2) is 25.0 Å². The molecule has 0 amide bonds. The molecule has 1 saturated carbocycles. The third-order valence-electron chi connectivity index (χ3n) is 4.44. The van der Waals surface area contributed by atoms with Gasteiger partial charge in [0, 0.05) is 18.3 Å². The summed E-state index contributed by atoms with van der Waals surface area (Å²) in [6.07, 6.45) is 2.15. The van der Waals surface area contributed by atoms with Crippen LogP contribution in [0.2, 0.25) is 0 Å². The Labute approximate surface area is 131 Å². The number of ether oxygens (including phenoxy) is 3. The topological polar surface area (TPSA) is 44.8 Å². The number of rotatable bonds is 3. The van der Waals surface area contributed by atoms with Gasteiger partial charge in [-0.3, -0.25) is 4.79 Å². The molecule has 0 bridgehead atoms. The molecule has 3 rings (SSSR count). The molecule has 1 heterocycles. The zero-order chi connectivity index (χ0) is 15.6. The minimum absolute atomic E-state index is 0.0527. The van der Waals surface area contributed by atoms with E-state index in [1.807, 2.05) is 30.3 Å². The van der Waals surface area contributed by atoms with Crippen LogP contribution in [0.5, 0.6) is 0 Å². The molecule has 120 valence electrons. The van der Waals surface area contributed by atoms with Gasteiger partial charge in [-0.25, -0.2) is 0 Å². The first-order chi connectivity index (χ1) is 10.5. The highest BCUT2D eigenvalue weighted by Gasteiger charge is 2.48. The number of carbonyl (C=O) groups is 1. The molecule has 0 unspecified atom stereocenters. The molecule has 1 saturated heterocycles. The molecular formula is C18H24O4. The van der Waals surface area contributed by atoms with Gasteiger partial charge >= 0.3 is 5.97 Å². The zero-order valence-electron chi connectivity index (χ0n) is 13.3. The first-order valence-electron chi connectivity index (χ1n) is 7.97. The van der Waals surface area contributed by atoms with E-state index in [1.165, 1.54) is 0 Å². The van der Waals surface area contributed by atoms with Crippen LogP contribution in [-0.2, 0) is 25.6 Å². The molecule has 1 aliphatic heterocycles. The lowest BCUT2D eigenvalue weighted by Gasteiger charge is -2.41. The van der Waals surface area contributed by atoms with Crippen molar-refractivity contribution >= 4 is 5.97 Å². The Morgan fingerprint density at radius 3 is 2.59 bits per heavy atom. The molecule has 4 heteroatoms. The minimum atomic E-state index is -0.564. The van der Waals surface area contributed by atoms with E-state index in [0.717, 1.165) is 18.4 Å². The Balaban J connectivity index is 1.51. The van der Waals surface area contributed by atoms with E-state index in [-0.39, 0.29) is 17.3 Å². The highest BCUT2D eigenvalue weighted by atomic mass is 16.7. The monoisotopic (exact) mass is 304 g/mol. The van der Waals surface area contributed by atoms with Crippen LogP contribution < -0.4 is 0 Å². The summed E-state index contributed by atoms with van der Waals surface area (Å²) >= 11 is 0. The standard InChI is InChI=1S/C18H24O4/c1-17(2)12-21-18(22-13-17)9-8-15(10-18)16(19)20-11-14-6-4-3-5-7-14/h3-7,15H,8-13H2,1-2H3/t15-/m1/s1. The van der Waals surface area contributed by atoms with Crippen molar-refractivity contribution in [1.29, 1.82) is 0 Å². The van der Waals surface area contributed by atoms with E-state index in [9.17, 15) is 4.79 Å². The molecule has 0 aromatic heterocycles. The van der Waals surface area contributed by atoms with Crippen molar-refractivity contribution in [3.05, 3.63) is 35.9 Å². The fourth-order valence-corrected chi connectivity index (χ4v) is 3.02. The Morgan fingerprint density at radius 1 is 1.23 bits per heavy atom. The van der Waals surface area contributed by atoms with E-state index >= 15 is 0 Å². The van der Waals surface area contributed by atoms with Gasteiger partial charge in [0.1, 0.15) is 6.61 Å². The molecule has 2 fully saturated rings. The van der Waals surface area contributed by atoms with E-state index in [2.05, 4.69) is 13.8 Å². The Bertz CT molecular complexity index is 513. The maximum absolute atomic E-state index is 12.2. The number of hydrogen-bond donors (Lipinski definition) is 0. The second-order valence-electron chi connectivity index (χ2n) is 7.19. The second kappa shape index (κ2) is 6.01. The summed E-state index contributed by atoms with van der Waals surface area (Å²) in [5.41, 5.74) is 1.06. The van der Waals surface area contributed by atoms with E-state index < -0.39 is 5.79 Å². The largest absolute Gasteiger partial charge is 0.461 e. The van der Waals surface area contributed by atoms with Crippen LogP contribution >= 0.6 is 0 Å². The molecule has 2 aliphatic rings. The first kappa shape index (κ1) is 15.5. The van der Waals surface area contributed by atoms with Crippen molar-refractivity contribution < 1.29 is 19.0 Å². The SMILES string of the molecule is CC1(C)COC2(CC[C@@H](C(=O)OCc3ccccc3)C2)OC1. The molecule has 22 heavy (non-hydrogen) atoms. The molecule has 1 atom stereocenters. The van der Waals surface area contributed by atoms with Crippen LogP contribution in [0.15, 0.2) is 30.3 Å². The van der Waals surface area contributed by atoms with Gasteiger partial charge in [-0.2, -0.15) is 0 Å². The zero-order valence-corrected chi connectivity index (χ0v) is 13.3. The summed E-state index contributed by atoms with van der Waals surface area (Å²) in [5, 5.41) is 0. The van der Waals surface area contributed by atoms with Gasteiger partial charge in [0.05, 0.1) is 19.1 Å². The smallest absolute Gasteiger partial charge is 0.309 e. The highest BCUT2D eigenvalue weighted by molar-refractivity contribution is 5.73. The Hall–Kier alpha value is -1.39. The van der Waals surface area contributed by atoms with Crippen molar-refractivity contribution in [2.75, 3.05) is 13.2 Å². The van der Waals surface area contributed by atoms with Gasteiger partial charge < -0.3 is 14.2 Å². The van der Waals surface area contributed by atoms with E-state index in [1.54, 1.807) is 0 Å². The Kier molecular flexibility index (Phi) is 4.24. The molecule has 1 aromatic rings. The fraction of sp³-hybridized carbons (Fsp3) is 0.611. The van der Waals surface area contributed by atoms with Gasteiger partial charge in [0.15, 0.2) is 5.79 Å². The molecular weight excluding hydrogens is 280 g/mol. The van der Waals surface area contributed by atoms with Crippen LogP contribution in [0.4, 0.5) is 0 Å². The van der Waals surface area contributed by atoms with Crippen LogP contribution in [0.1, 0.15) is 38.7 Å². The molecule has 1 spiro atoms. The van der Waals surface area contributed by atoms with Gasteiger partial charge in [-0.1, -0.05) is 44.2 Å². The van der Waals surface area contributed by atoms with Crippen molar-refractivity contribution in [2.24, 2.45) is 11.3 Å². The lowest BCUT2D eigenvalue weighted by Crippen LogP contribution is -2.46. The summed E-state index contributed by atoms with van der Waals surface area (Å²) in [6.45, 7) is 5.94. The van der Waals surface area contributed by atoms with E-state index in [4.69, 9.17) is 14.2 Å². The van der Waals surface area contributed by atoms with E-state index in [0.29, 0.717) is 26.2 Å². The third-order valence-corrected chi connectivity index (χ3v) is 4.44. The number of esters is 1. The van der Waals surface area contributed by atoms with Crippen LogP contribution in [0, 0.1) is 11.3 Å². The Morgan fingerprint density at radius 2 is 1.91 bits per heavy atom. The lowest BCUT2D eigenvalue weighted by molar-refractivity contribution is -0.295. The number of carbonyl (C=O) groups excluding carboxylic acids is 1. The lowest BCUT2D eigenvalue weighted by atomic mass is 9.94. The average molecular weight is 304 g/mol. The minimum Gasteiger partial charge on any atom is -0.461 e. The van der Waals surface area contributed by atoms with Gasteiger partial charge in [-0.15, -0.1) is 0 Å². The summed E-state index contributed by atoms with van der Waals surface area (Å²) in [6, 6.07) is 9.75. The number of hydrogen-bond acceptors (Lipinski definition) is 4. The summed E-state index contributed by atoms with van der Waals surface area (Å²) in [5.74, 6) is -0.825. The van der Waals surface area contributed by atoms with Gasteiger partial charge in [0.25, 0.3) is 0 Å². The summed E-state index contributed by atoms with van der Waals surface area (Å²) in [4.78, 5) is 12.2. The average Bonchev–Trinajstić information content (AvgIpc) is 2.94. The second-order valence-corrected chi connectivity index (χ2v) is 7.19. The molecule has 4 nitrogen and oxygen atoms in total. The van der Waals surface area contributed by atoms with Gasteiger partial charge in [0.2, 0.25) is 0 Å². The van der Waals surface area contributed by atoms with Crippen molar-refractivity contribution in [3.8, 4) is 0 Å². The molecule has 0 radical (unpaired) electrons. The summed E-state index contributed by atoms with van der Waals surface area (Å²) in [7, 11) is 0. The molecule has 1 aromatic carbocycles. The van der Waals surface area contributed by atoms with Crippen molar-refractivity contribution in [2.45, 2.75) is 45.5 Å². The first-order valence-corrected chi connectivity index (χ1v) is 7.97.